The van der Waals surface area contributed by atoms with E-state index in [2.05, 4.69) is 4.90 Å². The van der Waals surface area contributed by atoms with Crippen molar-refractivity contribution in [2.75, 3.05) is 59.1 Å². The molecule has 1 aliphatic rings. The third-order valence-corrected chi connectivity index (χ3v) is 8.79. The number of piperazine rings is 1. The fourth-order valence-electron chi connectivity index (χ4n) is 6.26. The van der Waals surface area contributed by atoms with Gasteiger partial charge in [-0.05, 0) is 69.2 Å². The molecule has 1 aromatic carbocycles. The number of rotatable bonds is 9. The van der Waals surface area contributed by atoms with Crippen molar-refractivity contribution in [3.05, 3.63) is 75.9 Å². The lowest BCUT2D eigenvalue weighted by atomic mass is 9.97. The van der Waals surface area contributed by atoms with Crippen LogP contribution in [0.5, 0.6) is 0 Å². The van der Waals surface area contributed by atoms with Crippen molar-refractivity contribution in [1.82, 2.24) is 19.4 Å². The average molecular weight is 652 g/mol. The van der Waals surface area contributed by atoms with Crippen LogP contribution in [0.15, 0.2) is 42.6 Å². The first-order valence-corrected chi connectivity index (χ1v) is 15.4. The van der Waals surface area contributed by atoms with Gasteiger partial charge in [-0.25, -0.2) is 19.2 Å². The Kier molecular flexibility index (Phi) is 9.67. The highest BCUT2D eigenvalue weighted by molar-refractivity contribution is 6.30. The Bertz CT molecular complexity index is 1760. The van der Waals surface area contributed by atoms with Gasteiger partial charge in [0, 0.05) is 51.0 Å². The molecule has 4 heterocycles. The van der Waals surface area contributed by atoms with E-state index in [0.717, 1.165) is 22.3 Å². The summed E-state index contributed by atoms with van der Waals surface area (Å²) in [5, 5.41) is 0.795. The molecule has 0 atom stereocenters. The first-order chi connectivity index (χ1) is 21.9. The number of aryl methyl sites for hydroxylation is 2. The summed E-state index contributed by atoms with van der Waals surface area (Å²) in [5.41, 5.74) is 3.52. The van der Waals surface area contributed by atoms with E-state index in [9.17, 15) is 14.0 Å². The number of ether oxygens (including phenoxy) is 3. The molecule has 0 saturated carbocycles. The topological polar surface area (TPSA) is 99.0 Å². The Morgan fingerprint density at radius 2 is 1.74 bits per heavy atom. The minimum absolute atomic E-state index is 0.0390. The number of nitrogens with zero attached hydrogens (tertiary/aromatic N) is 5. The second-order valence-corrected chi connectivity index (χ2v) is 12.6. The molecule has 5 rings (SSSR count). The Morgan fingerprint density at radius 1 is 1.02 bits per heavy atom. The smallest absolute Gasteiger partial charge is 0.339 e. The molecule has 3 aromatic heterocycles. The molecule has 4 aromatic rings. The van der Waals surface area contributed by atoms with Crippen molar-refractivity contribution in [3.63, 3.8) is 0 Å². The van der Waals surface area contributed by atoms with Gasteiger partial charge in [0.05, 0.1) is 48.2 Å². The predicted octanol–water partition coefficient (Wildman–Crippen LogP) is 5.87. The maximum atomic E-state index is 14.5. The lowest BCUT2D eigenvalue weighted by Gasteiger charge is -2.47. The Morgan fingerprint density at radius 3 is 2.35 bits per heavy atom. The summed E-state index contributed by atoms with van der Waals surface area (Å²) in [6.45, 7) is 9.89. The average Bonchev–Trinajstić information content (AvgIpc) is 3.39. The van der Waals surface area contributed by atoms with E-state index in [0.29, 0.717) is 61.0 Å². The van der Waals surface area contributed by atoms with E-state index in [1.165, 1.54) is 19.2 Å². The standard InChI is InChI=1S/C34H39ClFN5O5/c1-20-14-29(37-21(2)30(20)33(43)46-7)39-12-13-41(34(3,4)19-39)32(42)28-11-9-24-25(22-8-10-26(35)27(36)15-22)16-40(31(24)38-28)23(17-44-5)18-45-6/h8-11,14-16,23H,12-13,17-19H2,1-7H3. The fourth-order valence-corrected chi connectivity index (χ4v) is 6.38. The molecule has 0 unspecified atom stereocenters. The number of aromatic nitrogens is 3. The third kappa shape index (κ3) is 6.31. The van der Waals surface area contributed by atoms with Gasteiger partial charge in [0.15, 0.2) is 0 Å². The highest BCUT2D eigenvalue weighted by atomic mass is 35.5. The second-order valence-electron chi connectivity index (χ2n) is 12.2. The molecule has 1 amide bonds. The van der Waals surface area contributed by atoms with E-state index in [-0.39, 0.29) is 17.0 Å². The summed E-state index contributed by atoms with van der Waals surface area (Å²) in [6, 6.07) is 9.89. The molecule has 244 valence electrons. The van der Waals surface area contributed by atoms with Crippen LogP contribution in [0.4, 0.5) is 10.2 Å². The van der Waals surface area contributed by atoms with E-state index < -0.39 is 17.3 Å². The summed E-state index contributed by atoms with van der Waals surface area (Å²) >= 11 is 5.97. The number of anilines is 1. The van der Waals surface area contributed by atoms with Crippen LogP contribution in [-0.2, 0) is 14.2 Å². The number of carbonyl (C=O) groups is 2. The predicted molar refractivity (Wildman–Crippen MR) is 175 cm³/mol. The number of hydrogen-bond acceptors (Lipinski definition) is 8. The first kappa shape index (κ1) is 33.3. The van der Waals surface area contributed by atoms with Crippen LogP contribution in [0.2, 0.25) is 5.02 Å². The van der Waals surface area contributed by atoms with Crippen molar-refractivity contribution in [1.29, 1.82) is 0 Å². The maximum absolute atomic E-state index is 14.5. The van der Waals surface area contributed by atoms with Crippen LogP contribution in [0.3, 0.4) is 0 Å². The lowest BCUT2D eigenvalue weighted by Crippen LogP contribution is -2.61. The van der Waals surface area contributed by atoms with Crippen LogP contribution < -0.4 is 4.90 Å². The van der Waals surface area contributed by atoms with E-state index >= 15 is 0 Å². The van der Waals surface area contributed by atoms with Gasteiger partial charge in [0.2, 0.25) is 0 Å². The zero-order valence-electron chi connectivity index (χ0n) is 27.2. The molecule has 1 saturated heterocycles. The molecule has 10 nitrogen and oxygen atoms in total. The van der Waals surface area contributed by atoms with Crippen LogP contribution in [0.25, 0.3) is 22.2 Å². The molecule has 1 fully saturated rings. The minimum atomic E-state index is -0.570. The Hall–Kier alpha value is -4.06. The number of benzene rings is 1. The largest absolute Gasteiger partial charge is 0.465 e. The molecular weight excluding hydrogens is 613 g/mol. The summed E-state index contributed by atoms with van der Waals surface area (Å²) in [7, 11) is 4.58. The normalized spacial score (nSPS) is 14.7. The van der Waals surface area contributed by atoms with Crippen LogP contribution in [0.1, 0.15) is 52.0 Å². The Labute approximate surface area is 273 Å². The van der Waals surface area contributed by atoms with E-state index in [1.54, 1.807) is 33.3 Å². The summed E-state index contributed by atoms with van der Waals surface area (Å²) in [6.07, 6.45) is 1.89. The van der Waals surface area contributed by atoms with Gasteiger partial charge in [0.1, 0.15) is 23.0 Å². The summed E-state index contributed by atoms with van der Waals surface area (Å²) in [5.74, 6) is -0.390. The molecule has 0 bridgehead atoms. The zero-order valence-corrected chi connectivity index (χ0v) is 27.9. The molecular formula is C34H39ClFN5O5. The van der Waals surface area contributed by atoms with Crippen molar-refractivity contribution in [2.24, 2.45) is 0 Å². The van der Waals surface area contributed by atoms with Crippen molar-refractivity contribution in [3.8, 4) is 11.1 Å². The summed E-state index contributed by atoms with van der Waals surface area (Å²) in [4.78, 5) is 39.9. The van der Waals surface area contributed by atoms with Gasteiger partial charge >= 0.3 is 5.97 Å². The Balaban J connectivity index is 1.48. The van der Waals surface area contributed by atoms with Gasteiger partial charge < -0.3 is 28.6 Å². The molecule has 1 aliphatic heterocycles. The van der Waals surface area contributed by atoms with Gasteiger partial charge in [-0.3, -0.25) is 4.79 Å². The summed E-state index contributed by atoms with van der Waals surface area (Å²) < 4.78 is 32.3. The number of pyridine rings is 2. The number of carbonyl (C=O) groups excluding carboxylic acids is 2. The van der Waals surface area contributed by atoms with Gasteiger partial charge in [-0.1, -0.05) is 17.7 Å². The van der Waals surface area contributed by atoms with E-state index in [4.69, 9.17) is 35.8 Å². The lowest BCUT2D eigenvalue weighted by molar-refractivity contribution is 0.0506. The maximum Gasteiger partial charge on any atom is 0.339 e. The third-order valence-electron chi connectivity index (χ3n) is 8.48. The number of fused-ring (bicyclic) bond motifs is 1. The number of methoxy groups -OCH3 is 3. The first-order valence-electron chi connectivity index (χ1n) is 15.0. The molecule has 0 radical (unpaired) electrons. The van der Waals surface area contributed by atoms with Crippen molar-refractivity contribution >= 4 is 40.3 Å². The fraction of sp³-hybridized carbons (Fsp3) is 0.412. The highest BCUT2D eigenvalue weighted by Crippen LogP contribution is 2.35. The van der Waals surface area contributed by atoms with Crippen molar-refractivity contribution < 1.29 is 28.2 Å². The van der Waals surface area contributed by atoms with Crippen molar-refractivity contribution in [2.45, 2.75) is 39.3 Å². The molecule has 0 aliphatic carbocycles. The molecule has 0 spiro atoms. The van der Waals surface area contributed by atoms with E-state index in [1.807, 2.05) is 48.6 Å². The number of esters is 1. The SMILES string of the molecule is COCC(COC)n1cc(-c2ccc(Cl)c(F)c2)c2ccc(C(=O)N3CCN(c4cc(C)c(C(=O)OC)c(C)n4)CC3(C)C)nc21. The van der Waals surface area contributed by atoms with Crippen LogP contribution in [0, 0.1) is 19.7 Å². The van der Waals surface area contributed by atoms with Gasteiger partial charge in [-0.2, -0.15) is 0 Å². The molecule has 12 heteroatoms. The van der Waals surface area contributed by atoms with Crippen LogP contribution >= 0.6 is 11.6 Å². The number of halogens is 2. The second kappa shape index (κ2) is 13.4. The van der Waals surface area contributed by atoms with Crippen LogP contribution in [-0.4, -0.2) is 91.0 Å². The van der Waals surface area contributed by atoms with Gasteiger partial charge in [0.25, 0.3) is 5.91 Å². The minimum Gasteiger partial charge on any atom is -0.465 e. The molecule has 46 heavy (non-hydrogen) atoms. The van der Waals surface area contributed by atoms with Gasteiger partial charge in [-0.15, -0.1) is 0 Å². The monoisotopic (exact) mass is 651 g/mol. The molecule has 0 N–H and O–H groups in total. The highest BCUT2D eigenvalue weighted by Gasteiger charge is 2.38. The quantitative estimate of drug-likeness (QED) is 0.207. The number of hydrogen-bond donors (Lipinski definition) is 0. The zero-order chi connectivity index (χ0) is 33.3. The number of amides is 1.